The van der Waals surface area contributed by atoms with Crippen molar-refractivity contribution in [1.29, 1.82) is 0 Å². The normalized spacial score (nSPS) is 25.4. The van der Waals surface area contributed by atoms with Gasteiger partial charge in [0, 0.05) is 18.6 Å². The lowest BCUT2D eigenvalue weighted by Crippen LogP contribution is -2.48. The molecule has 0 bridgehead atoms. The lowest BCUT2D eigenvalue weighted by Gasteiger charge is -2.40. The molecule has 0 saturated carbocycles. The molecule has 0 aliphatic carbocycles. The first-order chi connectivity index (χ1) is 9.56. The molecule has 2 rings (SSSR count). The molecular formula is C16H24FNO2. The Kier molecular flexibility index (Phi) is 5.38. The Morgan fingerprint density at radius 3 is 2.45 bits per heavy atom. The maximum absolute atomic E-state index is 12.8. The summed E-state index contributed by atoms with van der Waals surface area (Å²) < 4.78 is 18.3. The quantitative estimate of drug-likeness (QED) is 0.901. The fourth-order valence-electron chi connectivity index (χ4n) is 2.85. The molecule has 3 atom stereocenters. The SMILES string of the molecule is C[C@H]1CCC[C@H](C)N1C[C@H](O)COc1ccc(F)cc1. The van der Waals surface area contributed by atoms with Crippen molar-refractivity contribution in [2.24, 2.45) is 0 Å². The third-order valence-electron chi connectivity index (χ3n) is 4.05. The van der Waals surface area contributed by atoms with Crippen LogP contribution in [0.5, 0.6) is 5.75 Å². The molecule has 1 fully saturated rings. The van der Waals surface area contributed by atoms with Gasteiger partial charge in [0.25, 0.3) is 0 Å². The molecule has 4 heteroatoms. The molecule has 0 radical (unpaired) electrons. The maximum Gasteiger partial charge on any atom is 0.123 e. The molecule has 1 heterocycles. The molecule has 20 heavy (non-hydrogen) atoms. The highest BCUT2D eigenvalue weighted by molar-refractivity contribution is 5.22. The van der Waals surface area contributed by atoms with Gasteiger partial charge in [0.2, 0.25) is 0 Å². The maximum atomic E-state index is 12.8. The van der Waals surface area contributed by atoms with Gasteiger partial charge in [-0.1, -0.05) is 6.42 Å². The van der Waals surface area contributed by atoms with Gasteiger partial charge in [-0.3, -0.25) is 4.90 Å². The summed E-state index contributed by atoms with van der Waals surface area (Å²) in [6, 6.07) is 6.90. The minimum absolute atomic E-state index is 0.238. The summed E-state index contributed by atoms with van der Waals surface area (Å²) in [5, 5.41) is 10.1. The lowest BCUT2D eigenvalue weighted by molar-refractivity contribution is 0.0209. The van der Waals surface area contributed by atoms with Gasteiger partial charge in [0.05, 0.1) is 0 Å². The predicted molar refractivity (Wildman–Crippen MR) is 77.4 cm³/mol. The number of rotatable bonds is 5. The number of β-amino-alcohol motifs (C(OH)–C–C–N with tert-alkyl or cyclic N) is 1. The van der Waals surface area contributed by atoms with E-state index in [1.54, 1.807) is 12.1 Å². The van der Waals surface area contributed by atoms with E-state index in [1.165, 1.54) is 31.4 Å². The molecule has 112 valence electrons. The van der Waals surface area contributed by atoms with E-state index in [-0.39, 0.29) is 12.4 Å². The number of piperidine rings is 1. The van der Waals surface area contributed by atoms with E-state index in [1.807, 2.05) is 0 Å². The molecule has 0 spiro atoms. The van der Waals surface area contributed by atoms with Crippen LogP contribution >= 0.6 is 0 Å². The number of hydrogen-bond acceptors (Lipinski definition) is 3. The molecule has 0 amide bonds. The van der Waals surface area contributed by atoms with Crippen molar-refractivity contribution in [1.82, 2.24) is 4.90 Å². The number of benzene rings is 1. The van der Waals surface area contributed by atoms with E-state index in [0.717, 1.165) is 0 Å². The molecule has 1 aliphatic rings. The molecule has 1 aromatic rings. The second kappa shape index (κ2) is 7.04. The highest BCUT2D eigenvalue weighted by atomic mass is 19.1. The van der Waals surface area contributed by atoms with Gasteiger partial charge in [-0.15, -0.1) is 0 Å². The zero-order chi connectivity index (χ0) is 14.5. The summed E-state index contributed by atoms with van der Waals surface area (Å²) >= 11 is 0. The molecule has 1 N–H and O–H groups in total. The van der Waals surface area contributed by atoms with Gasteiger partial charge in [-0.2, -0.15) is 0 Å². The summed E-state index contributed by atoms with van der Waals surface area (Å²) in [7, 11) is 0. The van der Waals surface area contributed by atoms with E-state index in [0.29, 0.717) is 24.4 Å². The van der Waals surface area contributed by atoms with Gasteiger partial charge in [-0.05, 0) is 51.0 Å². The summed E-state index contributed by atoms with van der Waals surface area (Å²) in [5.41, 5.74) is 0. The third-order valence-corrected chi connectivity index (χ3v) is 4.05. The van der Waals surface area contributed by atoms with Crippen LogP contribution in [0.3, 0.4) is 0 Å². The number of nitrogens with zero attached hydrogens (tertiary/aromatic N) is 1. The summed E-state index contributed by atoms with van der Waals surface area (Å²) in [6.07, 6.45) is 3.12. The van der Waals surface area contributed by atoms with Crippen molar-refractivity contribution in [3.8, 4) is 5.75 Å². The molecule has 0 aromatic heterocycles. The topological polar surface area (TPSA) is 32.7 Å². The third kappa shape index (κ3) is 4.18. The van der Waals surface area contributed by atoms with Gasteiger partial charge >= 0.3 is 0 Å². The zero-order valence-corrected chi connectivity index (χ0v) is 12.3. The van der Waals surface area contributed by atoms with Crippen molar-refractivity contribution in [2.45, 2.75) is 51.3 Å². The number of likely N-dealkylation sites (tertiary alicyclic amines) is 1. The minimum atomic E-state index is -0.525. The second-order valence-corrected chi connectivity index (χ2v) is 5.74. The number of hydrogen-bond donors (Lipinski definition) is 1. The average Bonchev–Trinajstić information content (AvgIpc) is 2.42. The molecular weight excluding hydrogens is 257 g/mol. The summed E-state index contributed by atoms with van der Waals surface area (Å²) in [5.74, 6) is 0.305. The Hall–Kier alpha value is -1.13. The van der Waals surface area contributed by atoms with Crippen LogP contribution in [0.1, 0.15) is 33.1 Å². The van der Waals surface area contributed by atoms with E-state index in [2.05, 4.69) is 18.7 Å². The molecule has 0 unspecified atom stereocenters. The fraction of sp³-hybridized carbons (Fsp3) is 0.625. The Morgan fingerprint density at radius 2 is 1.85 bits per heavy atom. The van der Waals surface area contributed by atoms with Crippen molar-refractivity contribution in [3.05, 3.63) is 30.1 Å². The first-order valence-corrected chi connectivity index (χ1v) is 7.38. The predicted octanol–water partition coefficient (Wildman–Crippen LogP) is 2.83. The molecule has 1 aromatic carbocycles. The Labute approximate surface area is 120 Å². The molecule has 1 aliphatic heterocycles. The monoisotopic (exact) mass is 281 g/mol. The van der Waals surface area contributed by atoms with Crippen molar-refractivity contribution in [2.75, 3.05) is 13.2 Å². The van der Waals surface area contributed by atoms with Crippen LogP contribution in [0.25, 0.3) is 0 Å². The smallest absolute Gasteiger partial charge is 0.123 e. The van der Waals surface area contributed by atoms with E-state index >= 15 is 0 Å². The second-order valence-electron chi connectivity index (χ2n) is 5.74. The Balaban J connectivity index is 1.79. The number of ether oxygens (including phenoxy) is 1. The summed E-state index contributed by atoms with van der Waals surface area (Å²) in [4.78, 5) is 2.35. The van der Waals surface area contributed by atoms with Gasteiger partial charge in [0.1, 0.15) is 24.3 Å². The number of aliphatic hydroxyl groups is 1. The largest absolute Gasteiger partial charge is 0.491 e. The van der Waals surface area contributed by atoms with Crippen LogP contribution in [-0.4, -0.2) is 41.3 Å². The van der Waals surface area contributed by atoms with Crippen molar-refractivity contribution >= 4 is 0 Å². The number of halogens is 1. The van der Waals surface area contributed by atoms with Crippen LogP contribution in [0, 0.1) is 5.82 Å². The highest BCUT2D eigenvalue weighted by Gasteiger charge is 2.26. The van der Waals surface area contributed by atoms with E-state index in [9.17, 15) is 9.50 Å². The standard InChI is InChI=1S/C16H24FNO2/c1-12-4-3-5-13(2)18(12)10-15(19)11-20-16-8-6-14(17)7-9-16/h6-9,12-13,15,19H,3-5,10-11H2,1-2H3/t12-,13-,15-/m0/s1. The van der Waals surface area contributed by atoms with Crippen LogP contribution in [0.2, 0.25) is 0 Å². The van der Waals surface area contributed by atoms with Crippen LogP contribution in [-0.2, 0) is 0 Å². The molecule has 3 nitrogen and oxygen atoms in total. The zero-order valence-electron chi connectivity index (χ0n) is 12.3. The first-order valence-electron chi connectivity index (χ1n) is 7.38. The van der Waals surface area contributed by atoms with E-state index in [4.69, 9.17) is 4.74 Å². The highest BCUT2D eigenvalue weighted by Crippen LogP contribution is 2.22. The minimum Gasteiger partial charge on any atom is -0.491 e. The molecule has 1 saturated heterocycles. The van der Waals surface area contributed by atoms with E-state index < -0.39 is 6.10 Å². The van der Waals surface area contributed by atoms with Crippen LogP contribution in [0.4, 0.5) is 4.39 Å². The van der Waals surface area contributed by atoms with Crippen LogP contribution in [0.15, 0.2) is 24.3 Å². The first kappa shape index (κ1) is 15.3. The van der Waals surface area contributed by atoms with Gasteiger partial charge in [0.15, 0.2) is 0 Å². The van der Waals surface area contributed by atoms with Crippen molar-refractivity contribution in [3.63, 3.8) is 0 Å². The Bertz CT molecular complexity index is 399. The average molecular weight is 281 g/mol. The Morgan fingerprint density at radius 1 is 1.25 bits per heavy atom. The lowest BCUT2D eigenvalue weighted by atomic mass is 9.97. The summed E-state index contributed by atoms with van der Waals surface area (Å²) in [6.45, 7) is 5.29. The van der Waals surface area contributed by atoms with Crippen molar-refractivity contribution < 1.29 is 14.2 Å². The van der Waals surface area contributed by atoms with Crippen LogP contribution < -0.4 is 4.74 Å². The number of aliphatic hydroxyl groups excluding tert-OH is 1. The van der Waals surface area contributed by atoms with Gasteiger partial charge in [-0.25, -0.2) is 4.39 Å². The van der Waals surface area contributed by atoms with Gasteiger partial charge < -0.3 is 9.84 Å². The fourth-order valence-corrected chi connectivity index (χ4v) is 2.85.